The number of carbonyl (C=O) groups excluding carboxylic acids is 1. The maximum absolute atomic E-state index is 12.2. The van der Waals surface area contributed by atoms with Crippen LogP contribution < -0.4 is 10.1 Å². The minimum absolute atomic E-state index is 0.0394. The molecule has 1 N–H and O–H groups in total. The fourth-order valence-corrected chi connectivity index (χ4v) is 4.00. The SMILES string of the molecule is COCCNC(=O)C1CN(CC2=Cc3ccc(OCCCC(F)(F)F)cc3C[C@@H]2C)C1. The first kappa shape index (κ1) is 23.6. The van der Waals surface area contributed by atoms with E-state index in [0.29, 0.717) is 24.8 Å². The summed E-state index contributed by atoms with van der Waals surface area (Å²) in [6.07, 6.45) is -1.94. The molecule has 5 nitrogen and oxygen atoms in total. The Morgan fingerprint density at radius 1 is 1.26 bits per heavy atom. The third kappa shape index (κ3) is 6.97. The first-order valence-corrected chi connectivity index (χ1v) is 10.8. The number of likely N-dealkylation sites (tertiary alicyclic amines) is 1. The standard InChI is InChI=1S/C23H31F3N2O3/c1-16-10-18-12-21(31-8-3-6-23(24,25)26)5-4-17(18)11-19(16)13-28-14-20(15-28)22(29)27-7-9-30-2/h4-5,11-12,16,20H,3,6-10,13-15H2,1-2H3,(H,27,29)/t16-/m0/s1. The van der Waals surface area contributed by atoms with Gasteiger partial charge in [-0.15, -0.1) is 0 Å². The molecule has 1 aliphatic carbocycles. The molecule has 0 saturated carbocycles. The van der Waals surface area contributed by atoms with E-state index in [1.165, 1.54) is 5.57 Å². The number of amides is 1. The van der Waals surface area contributed by atoms with Gasteiger partial charge >= 0.3 is 6.18 Å². The number of methoxy groups -OCH3 is 1. The monoisotopic (exact) mass is 440 g/mol. The van der Waals surface area contributed by atoms with E-state index in [0.717, 1.165) is 37.2 Å². The first-order valence-electron chi connectivity index (χ1n) is 10.8. The molecular formula is C23H31F3N2O3. The van der Waals surface area contributed by atoms with Crippen molar-refractivity contribution in [3.8, 4) is 5.75 Å². The maximum Gasteiger partial charge on any atom is 0.389 e. The summed E-state index contributed by atoms with van der Waals surface area (Å²) in [7, 11) is 1.61. The lowest BCUT2D eigenvalue weighted by Gasteiger charge is -2.40. The summed E-state index contributed by atoms with van der Waals surface area (Å²) in [4.78, 5) is 14.3. The fourth-order valence-electron chi connectivity index (χ4n) is 4.00. The van der Waals surface area contributed by atoms with Gasteiger partial charge in [-0.3, -0.25) is 9.69 Å². The van der Waals surface area contributed by atoms with Crippen molar-refractivity contribution in [2.45, 2.75) is 32.4 Å². The second kappa shape index (κ2) is 10.5. The Balaban J connectivity index is 1.48. The molecule has 31 heavy (non-hydrogen) atoms. The van der Waals surface area contributed by atoms with E-state index >= 15 is 0 Å². The molecule has 172 valence electrons. The molecule has 0 spiro atoms. The number of rotatable bonds is 10. The zero-order valence-electron chi connectivity index (χ0n) is 18.1. The lowest BCUT2D eigenvalue weighted by atomic mass is 9.83. The number of nitrogens with zero attached hydrogens (tertiary/aromatic N) is 1. The number of hydrogen-bond acceptors (Lipinski definition) is 4. The van der Waals surface area contributed by atoms with E-state index < -0.39 is 12.6 Å². The van der Waals surface area contributed by atoms with Gasteiger partial charge in [0.1, 0.15) is 5.75 Å². The largest absolute Gasteiger partial charge is 0.494 e. The lowest BCUT2D eigenvalue weighted by molar-refractivity contribution is -0.136. The first-order chi connectivity index (χ1) is 14.7. The zero-order chi connectivity index (χ0) is 22.4. The molecule has 1 fully saturated rings. The van der Waals surface area contributed by atoms with Gasteiger partial charge in [-0.2, -0.15) is 13.2 Å². The van der Waals surface area contributed by atoms with Crippen molar-refractivity contribution < 1.29 is 27.4 Å². The quantitative estimate of drug-likeness (QED) is 0.564. The van der Waals surface area contributed by atoms with Crippen LogP contribution in [0.3, 0.4) is 0 Å². The summed E-state index contributed by atoms with van der Waals surface area (Å²) < 4.78 is 47.2. The van der Waals surface area contributed by atoms with Gasteiger partial charge in [0, 0.05) is 39.7 Å². The summed E-state index contributed by atoms with van der Waals surface area (Å²) in [6, 6.07) is 5.74. The Morgan fingerprint density at radius 3 is 2.74 bits per heavy atom. The second-order valence-corrected chi connectivity index (χ2v) is 8.43. The van der Waals surface area contributed by atoms with Crippen LogP contribution in [0.5, 0.6) is 5.75 Å². The van der Waals surface area contributed by atoms with Crippen LogP contribution in [0.4, 0.5) is 13.2 Å². The highest BCUT2D eigenvalue weighted by molar-refractivity contribution is 5.80. The van der Waals surface area contributed by atoms with Crippen molar-refractivity contribution in [1.29, 1.82) is 0 Å². The van der Waals surface area contributed by atoms with Crippen molar-refractivity contribution in [2.24, 2.45) is 11.8 Å². The van der Waals surface area contributed by atoms with Crippen LogP contribution in [0, 0.1) is 11.8 Å². The summed E-state index contributed by atoms with van der Waals surface area (Å²) in [5, 5.41) is 2.89. The van der Waals surface area contributed by atoms with Gasteiger partial charge in [-0.05, 0) is 42.0 Å². The summed E-state index contributed by atoms with van der Waals surface area (Å²) in [5.41, 5.74) is 3.62. The van der Waals surface area contributed by atoms with Crippen molar-refractivity contribution in [2.75, 3.05) is 46.5 Å². The molecule has 1 amide bonds. The minimum Gasteiger partial charge on any atom is -0.494 e. The van der Waals surface area contributed by atoms with Crippen molar-refractivity contribution >= 4 is 12.0 Å². The smallest absolute Gasteiger partial charge is 0.389 e. The van der Waals surface area contributed by atoms with Gasteiger partial charge in [-0.25, -0.2) is 0 Å². The van der Waals surface area contributed by atoms with Crippen molar-refractivity contribution in [3.05, 3.63) is 34.9 Å². The molecule has 3 rings (SSSR count). The molecule has 1 aromatic rings. The molecule has 2 aliphatic rings. The predicted octanol–water partition coefficient (Wildman–Crippen LogP) is 3.68. The number of hydrogen-bond donors (Lipinski definition) is 1. The summed E-state index contributed by atoms with van der Waals surface area (Å²) in [6.45, 7) is 5.68. The normalized spacial score (nSPS) is 19.4. The number of carbonyl (C=O) groups is 1. The Labute approximate surface area is 181 Å². The predicted molar refractivity (Wildman–Crippen MR) is 113 cm³/mol. The van der Waals surface area contributed by atoms with Crippen LogP contribution in [-0.4, -0.2) is 63.5 Å². The third-order valence-electron chi connectivity index (χ3n) is 5.83. The van der Waals surface area contributed by atoms with Gasteiger partial charge in [0.25, 0.3) is 0 Å². The van der Waals surface area contributed by atoms with Crippen molar-refractivity contribution in [3.63, 3.8) is 0 Å². The van der Waals surface area contributed by atoms with Crippen molar-refractivity contribution in [1.82, 2.24) is 10.2 Å². The Kier molecular flexibility index (Phi) is 8.00. The Hall–Kier alpha value is -2.06. The molecule has 1 atom stereocenters. The van der Waals surface area contributed by atoms with Crippen LogP contribution in [0.2, 0.25) is 0 Å². The van der Waals surface area contributed by atoms with Crippen LogP contribution in [0.25, 0.3) is 6.08 Å². The van der Waals surface area contributed by atoms with Gasteiger partial charge in [0.15, 0.2) is 0 Å². The highest BCUT2D eigenvalue weighted by Crippen LogP contribution is 2.32. The van der Waals surface area contributed by atoms with E-state index in [2.05, 4.69) is 23.2 Å². The van der Waals surface area contributed by atoms with Gasteiger partial charge < -0.3 is 14.8 Å². The van der Waals surface area contributed by atoms with Crippen LogP contribution in [0.15, 0.2) is 23.8 Å². The minimum atomic E-state index is -4.14. The van der Waals surface area contributed by atoms with E-state index in [1.54, 1.807) is 7.11 Å². The Bertz CT molecular complexity index is 789. The molecule has 1 aromatic carbocycles. The van der Waals surface area contributed by atoms with Crippen LogP contribution in [0.1, 0.15) is 30.9 Å². The average Bonchev–Trinajstić information content (AvgIpc) is 2.67. The summed E-state index contributed by atoms with van der Waals surface area (Å²) in [5.74, 6) is 1.12. The molecule has 0 radical (unpaired) electrons. The molecule has 1 aliphatic heterocycles. The highest BCUT2D eigenvalue weighted by atomic mass is 19.4. The van der Waals surface area contributed by atoms with E-state index in [9.17, 15) is 18.0 Å². The Morgan fingerprint density at radius 2 is 2.03 bits per heavy atom. The molecule has 8 heteroatoms. The van der Waals surface area contributed by atoms with E-state index in [4.69, 9.17) is 9.47 Å². The highest BCUT2D eigenvalue weighted by Gasteiger charge is 2.33. The van der Waals surface area contributed by atoms with E-state index in [-0.39, 0.29) is 24.9 Å². The fraction of sp³-hybridized carbons (Fsp3) is 0.609. The number of fused-ring (bicyclic) bond motifs is 1. The molecule has 0 aromatic heterocycles. The molecule has 0 bridgehead atoms. The third-order valence-corrected chi connectivity index (χ3v) is 5.83. The molecular weight excluding hydrogens is 409 g/mol. The number of nitrogens with one attached hydrogen (secondary N) is 1. The molecule has 1 saturated heterocycles. The van der Waals surface area contributed by atoms with Crippen LogP contribution in [-0.2, 0) is 16.0 Å². The summed E-state index contributed by atoms with van der Waals surface area (Å²) >= 11 is 0. The number of benzene rings is 1. The van der Waals surface area contributed by atoms with Gasteiger partial charge in [0.05, 0.1) is 19.1 Å². The topological polar surface area (TPSA) is 50.8 Å². The van der Waals surface area contributed by atoms with E-state index in [1.807, 2.05) is 18.2 Å². The van der Waals surface area contributed by atoms with Gasteiger partial charge in [0.2, 0.25) is 5.91 Å². The number of halogens is 3. The lowest BCUT2D eigenvalue weighted by Crippen LogP contribution is -2.54. The second-order valence-electron chi connectivity index (χ2n) is 8.43. The van der Waals surface area contributed by atoms with Crippen LogP contribution >= 0.6 is 0 Å². The van der Waals surface area contributed by atoms with Gasteiger partial charge in [-0.1, -0.05) is 24.6 Å². The molecule has 0 unspecified atom stereocenters. The maximum atomic E-state index is 12.2. The molecule has 1 heterocycles. The number of ether oxygens (including phenoxy) is 2. The zero-order valence-corrected chi connectivity index (χ0v) is 18.1. The number of alkyl halides is 3. The average molecular weight is 441 g/mol.